The molecule has 17 atom stereocenters. The molecule has 4 saturated carbocycles. The maximum Gasteiger partial charge on any atom is 1.00 e. The Kier molecular flexibility index (Phi) is 12.4. The minimum atomic E-state index is -3.96. The molecule has 299 valence electrons. The van der Waals surface area contributed by atoms with E-state index in [-0.39, 0.29) is 106 Å². The summed E-state index contributed by atoms with van der Waals surface area (Å²) in [6, 6.07) is 13.6. The van der Waals surface area contributed by atoms with Crippen molar-refractivity contribution in [2.24, 2.45) is 47.3 Å². The second-order valence-corrected chi connectivity index (χ2v) is 20.5. The van der Waals surface area contributed by atoms with Gasteiger partial charge >= 0.3 is 39.7 Å². The molecule has 3 radical (unpaired) electrons. The van der Waals surface area contributed by atoms with Crippen molar-refractivity contribution in [1.29, 1.82) is 0 Å². The topological polar surface area (TPSA) is 140 Å². The van der Waals surface area contributed by atoms with Gasteiger partial charge in [0.1, 0.15) is 11.0 Å². The van der Waals surface area contributed by atoms with Gasteiger partial charge < -0.3 is 5.61 Å². The average Bonchev–Trinajstić information content (AvgIpc) is 3.94. The van der Waals surface area contributed by atoms with E-state index in [1.54, 1.807) is 0 Å². The first-order valence-electron chi connectivity index (χ1n) is 22.0. The van der Waals surface area contributed by atoms with Crippen LogP contribution in [0.1, 0.15) is 97.7 Å². The number of hydrogen-bond donors (Lipinski definition) is 8. The Hall–Kier alpha value is -0.234. The van der Waals surface area contributed by atoms with Crippen molar-refractivity contribution in [2.75, 3.05) is 0 Å². The monoisotopic (exact) mass is 851 g/mol. The van der Waals surface area contributed by atoms with Crippen molar-refractivity contribution in [3.63, 3.8) is 0 Å². The Labute approximate surface area is 370 Å². The standard InChI is InChI=1S/C42H62N8O3S.Ga.Na.H/c51-54(52,53-32-21-9-12-23-11-1-2-13-24(23)32)33-22-10-20-31-34(33)42-49-40-30-19-8-7-18-29(30)38(47-40)45-36-26-15-4-3-14-25(26)35(43-36)44-37-27-16-5-6-17-28(27)39(46-37)48-41(31)50-42;;;/h1-2,9,11-13,21,25-31,33-50H,3-8,10,14-20,22H2;;;/q;;+1;-1. The van der Waals surface area contributed by atoms with E-state index in [9.17, 15) is 8.42 Å². The van der Waals surface area contributed by atoms with E-state index in [0.29, 0.717) is 53.8 Å². The molecule has 11 nitrogen and oxygen atoms in total. The Morgan fingerprint density at radius 2 is 0.839 bits per heavy atom. The Bertz CT molecular complexity index is 1810. The van der Waals surface area contributed by atoms with Gasteiger partial charge in [0.05, 0.1) is 49.3 Å². The SMILES string of the molecule is O=S(=O)(Oc1cccc2ccccc12)C1CCCC2C3NC4NC(NC5NC(NC6NC(NC(N3)C21)C1CCCCC61)C1CCCCC51)C1CCCCC41.[Ga].[H-].[Na+]. The largest absolute Gasteiger partial charge is 1.00 e. The van der Waals surface area contributed by atoms with Crippen molar-refractivity contribution in [1.82, 2.24) is 42.5 Å². The van der Waals surface area contributed by atoms with E-state index in [1.165, 1.54) is 77.0 Å². The van der Waals surface area contributed by atoms with Gasteiger partial charge in [0.25, 0.3) is 0 Å². The molecule has 2 aromatic carbocycles. The van der Waals surface area contributed by atoms with Crippen LogP contribution in [0.2, 0.25) is 0 Å². The summed E-state index contributed by atoms with van der Waals surface area (Å²) in [4.78, 5) is 0. The van der Waals surface area contributed by atoms with Gasteiger partial charge in [-0.05, 0) is 104 Å². The fourth-order valence-corrected chi connectivity index (χ4v) is 15.5. The fourth-order valence-electron chi connectivity index (χ4n) is 13.8. The van der Waals surface area contributed by atoms with Crippen LogP contribution in [0.5, 0.6) is 5.75 Å². The molecular weight excluding hydrogens is 789 g/mol. The number of nitrogens with one attached hydrogen (secondary N) is 8. The van der Waals surface area contributed by atoms with Crippen LogP contribution in [0.25, 0.3) is 10.8 Å². The van der Waals surface area contributed by atoms with Crippen molar-refractivity contribution in [3.05, 3.63) is 42.5 Å². The van der Waals surface area contributed by atoms with Crippen LogP contribution < -0.4 is 76.3 Å². The molecular formula is C42H63GaN8NaO3S. The van der Waals surface area contributed by atoms with Gasteiger partial charge in [0, 0.05) is 31.1 Å². The van der Waals surface area contributed by atoms with Crippen LogP contribution in [0.4, 0.5) is 0 Å². The molecule has 9 aliphatic rings. The molecule has 8 N–H and O–H groups in total. The maximum absolute atomic E-state index is 14.7. The van der Waals surface area contributed by atoms with Crippen LogP contribution in [-0.2, 0) is 10.1 Å². The van der Waals surface area contributed by atoms with Crippen molar-refractivity contribution < 1.29 is 43.6 Å². The minimum absolute atomic E-state index is 0. The fraction of sp³-hybridized carbons (Fsp3) is 0.762. The van der Waals surface area contributed by atoms with Gasteiger partial charge in [-0.25, -0.2) is 0 Å². The van der Waals surface area contributed by atoms with Crippen molar-refractivity contribution in [3.8, 4) is 5.75 Å². The second kappa shape index (κ2) is 16.9. The first kappa shape index (κ1) is 41.1. The molecule has 5 heterocycles. The molecule has 8 bridgehead atoms. The number of fused-ring (bicyclic) bond motifs is 21. The van der Waals surface area contributed by atoms with E-state index in [0.717, 1.165) is 23.6 Å². The van der Waals surface area contributed by atoms with Crippen LogP contribution in [0, 0.1) is 47.3 Å². The summed E-state index contributed by atoms with van der Waals surface area (Å²) in [5.74, 6) is 3.95. The first-order valence-corrected chi connectivity index (χ1v) is 23.5. The zero-order chi connectivity index (χ0) is 36.0. The second-order valence-electron chi connectivity index (χ2n) is 18.8. The smallest absolute Gasteiger partial charge is 1.00 e. The molecule has 5 saturated heterocycles. The van der Waals surface area contributed by atoms with Gasteiger partial charge in [0.2, 0.25) is 0 Å². The van der Waals surface area contributed by atoms with Gasteiger partial charge in [0.15, 0.2) is 0 Å². The number of hydrogen-bond acceptors (Lipinski definition) is 11. The molecule has 4 aliphatic carbocycles. The molecule has 0 spiro atoms. The van der Waals surface area contributed by atoms with Crippen LogP contribution >= 0.6 is 0 Å². The third-order valence-electron chi connectivity index (χ3n) is 16.2. The van der Waals surface area contributed by atoms with Crippen LogP contribution in [0.15, 0.2) is 42.5 Å². The molecule has 9 fully saturated rings. The van der Waals surface area contributed by atoms with Crippen LogP contribution in [0.3, 0.4) is 0 Å². The molecule has 17 unspecified atom stereocenters. The summed E-state index contributed by atoms with van der Waals surface area (Å²) in [5, 5.41) is 34.4. The summed E-state index contributed by atoms with van der Waals surface area (Å²) >= 11 is 0. The van der Waals surface area contributed by atoms with E-state index in [4.69, 9.17) is 4.18 Å². The summed E-state index contributed by atoms with van der Waals surface area (Å²) in [5.41, 5.74) is 0. The Morgan fingerprint density at radius 3 is 1.30 bits per heavy atom. The van der Waals surface area contributed by atoms with E-state index in [1.807, 2.05) is 42.5 Å². The zero-order valence-corrected chi connectivity index (χ0v) is 38.4. The summed E-state index contributed by atoms with van der Waals surface area (Å²) in [7, 11) is -3.96. The van der Waals surface area contributed by atoms with E-state index >= 15 is 0 Å². The third-order valence-corrected chi connectivity index (χ3v) is 17.9. The third kappa shape index (κ3) is 7.34. The van der Waals surface area contributed by atoms with E-state index in [2.05, 4.69) is 42.5 Å². The molecule has 0 amide bonds. The van der Waals surface area contributed by atoms with Gasteiger partial charge in [-0.3, -0.25) is 42.5 Å². The average molecular weight is 853 g/mol. The zero-order valence-electron chi connectivity index (χ0n) is 34.2. The number of benzene rings is 2. The molecule has 2 aromatic rings. The van der Waals surface area contributed by atoms with Gasteiger partial charge in [-0.1, -0.05) is 81.3 Å². The molecule has 11 rings (SSSR count). The molecule has 5 aliphatic heterocycles. The van der Waals surface area contributed by atoms with Crippen molar-refractivity contribution in [2.45, 2.75) is 151 Å². The van der Waals surface area contributed by atoms with E-state index < -0.39 is 15.4 Å². The molecule has 56 heavy (non-hydrogen) atoms. The predicted molar refractivity (Wildman–Crippen MR) is 217 cm³/mol. The quantitative estimate of drug-likeness (QED) is 0.165. The van der Waals surface area contributed by atoms with Crippen LogP contribution in [-0.4, -0.2) is 82.8 Å². The predicted octanol–water partition coefficient (Wildman–Crippen LogP) is 0.882. The van der Waals surface area contributed by atoms with Crippen molar-refractivity contribution >= 4 is 40.7 Å². The normalized spacial score (nSPS) is 45.7. The van der Waals surface area contributed by atoms with Gasteiger partial charge in [-0.2, -0.15) is 8.42 Å². The summed E-state index contributed by atoms with van der Waals surface area (Å²) < 4.78 is 35.5. The first-order chi connectivity index (χ1) is 26.5. The summed E-state index contributed by atoms with van der Waals surface area (Å²) in [6.07, 6.45) is 19.0. The molecule has 14 heteroatoms. The minimum Gasteiger partial charge on any atom is -1.00 e. The maximum atomic E-state index is 14.7. The Morgan fingerprint density at radius 1 is 0.464 bits per heavy atom. The molecule has 0 aromatic heterocycles. The Balaban J connectivity index is 0.00000152. The van der Waals surface area contributed by atoms with Gasteiger partial charge in [-0.15, -0.1) is 0 Å². The number of rotatable bonds is 3. The summed E-state index contributed by atoms with van der Waals surface area (Å²) in [6.45, 7) is 0.